The maximum absolute atomic E-state index is 3.76. The fraction of sp³-hybridized carbons (Fsp3) is 0.259. The smallest absolute Gasteiger partial charge is 0.0958 e. The van der Waals surface area contributed by atoms with Gasteiger partial charge in [0.05, 0.1) is 17.4 Å². The summed E-state index contributed by atoms with van der Waals surface area (Å²) in [6, 6.07) is 28.2. The number of anilines is 1. The Morgan fingerprint density at radius 1 is 0.690 bits per heavy atom. The summed E-state index contributed by atoms with van der Waals surface area (Å²) in [5, 5.41) is 2.28. The number of nitrogens with one attached hydrogen (secondary N) is 1. The maximum atomic E-state index is 3.76. The van der Waals surface area contributed by atoms with Gasteiger partial charge in [-0.3, -0.25) is 10.4 Å². The quantitative estimate of drug-likeness (QED) is 0.509. The first kappa shape index (κ1) is 19.3. The van der Waals surface area contributed by atoms with Crippen LogP contribution in [-0.2, 0) is 0 Å². The van der Waals surface area contributed by atoms with Gasteiger partial charge in [-0.1, -0.05) is 94.4 Å². The summed E-state index contributed by atoms with van der Waals surface area (Å²) < 4.78 is 0. The highest BCUT2D eigenvalue weighted by atomic mass is 15.5. The molecule has 1 unspecified atom stereocenters. The zero-order valence-corrected chi connectivity index (χ0v) is 17.8. The highest BCUT2D eigenvalue weighted by molar-refractivity contribution is 5.76. The van der Waals surface area contributed by atoms with Crippen molar-refractivity contribution in [3.8, 4) is 0 Å². The van der Waals surface area contributed by atoms with Crippen LogP contribution in [0.4, 0.5) is 5.69 Å². The van der Waals surface area contributed by atoms with Gasteiger partial charge < -0.3 is 0 Å². The van der Waals surface area contributed by atoms with Gasteiger partial charge in [0.15, 0.2) is 0 Å². The predicted octanol–water partition coefficient (Wildman–Crippen LogP) is 7.04. The Labute approximate surface area is 174 Å². The molecule has 2 nitrogen and oxygen atoms in total. The second-order valence-corrected chi connectivity index (χ2v) is 8.37. The van der Waals surface area contributed by atoms with Crippen LogP contribution in [0.3, 0.4) is 0 Å². The Hall–Kier alpha value is -3.00. The highest BCUT2D eigenvalue weighted by Crippen LogP contribution is 2.39. The van der Waals surface area contributed by atoms with Gasteiger partial charge in [-0.15, -0.1) is 0 Å². The van der Waals surface area contributed by atoms with Crippen LogP contribution in [0.1, 0.15) is 67.8 Å². The lowest BCUT2D eigenvalue weighted by molar-refractivity contribution is 0.721. The summed E-state index contributed by atoms with van der Waals surface area (Å²) in [7, 11) is 0. The molecule has 2 heteroatoms. The molecule has 1 aliphatic rings. The third-order valence-electron chi connectivity index (χ3n) is 5.66. The molecule has 3 aromatic rings. The Bertz CT molecular complexity index is 961. The molecule has 4 rings (SSSR count). The highest BCUT2D eigenvalue weighted by Gasteiger charge is 2.29. The molecule has 0 spiro atoms. The summed E-state index contributed by atoms with van der Waals surface area (Å²) >= 11 is 0. The topological polar surface area (TPSA) is 15.3 Å². The number of hydrazine groups is 1. The molecule has 29 heavy (non-hydrogen) atoms. The molecule has 1 heterocycles. The van der Waals surface area contributed by atoms with Crippen LogP contribution in [0.5, 0.6) is 0 Å². The van der Waals surface area contributed by atoms with E-state index in [1.54, 1.807) is 0 Å². The van der Waals surface area contributed by atoms with E-state index in [4.69, 9.17) is 0 Å². The molecule has 148 valence electrons. The summed E-state index contributed by atoms with van der Waals surface area (Å²) in [5.41, 5.74) is 11.6. The lowest BCUT2D eigenvalue weighted by Gasteiger charge is -2.28. The largest absolute Gasteiger partial charge is 0.297 e. The van der Waals surface area contributed by atoms with E-state index >= 15 is 0 Å². The molecule has 0 fully saturated rings. The minimum Gasteiger partial charge on any atom is -0.297 e. The molecule has 0 saturated heterocycles. The number of hydrogen-bond acceptors (Lipinski definition) is 2. The Morgan fingerprint density at radius 3 is 1.79 bits per heavy atom. The normalized spacial score (nSPS) is 16.3. The van der Waals surface area contributed by atoms with Gasteiger partial charge in [-0.25, -0.2) is 0 Å². The monoisotopic (exact) mass is 382 g/mol. The first-order valence-electron chi connectivity index (χ1n) is 10.6. The van der Waals surface area contributed by atoms with Gasteiger partial charge in [0, 0.05) is 5.56 Å². The maximum Gasteiger partial charge on any atom is 0.0958 e. The fourth-order valence-electron chi connectivity index (χ4n) is 4.18. The van der Waals surface area contributed by atoms with Crippen LogP contribution < -0.4 is 10.4 Å². The number of para-hydroxylation sites is 1. The molecule has 0 amide bonds. The summed E-state index contributed by atoms with van der Waals surface area (Å²) in [4.78, 5) is 0. The van der Waals surface area contributed by atoms with Crippen LogP contribution in [-0.4, -0.2) is 0 Å². The van der Waals surface area contributed by atoms with Crippen molar-refractivity contribution in [3.63, 3.8) is 0 Å². The Balaban J connectivity index is 1.85. The third kappa shape index (κ3) is 3.80. The van der Waals surface area contributed by atoms with E-state index in [9.17, 15) is 0 Å². The van der Waals surface area contributed by atoms with Gasteiger partial charge in [-0.2, -0.15) is 0 Å². The fourth-order valence-corrected chi connectivity index (χ4v) is 4.18. The lowest BCUT2D eigenvalue weighted by atomic mass is 9.87. The minimum atomic E-state index is 0.147. The van der Waals surface area contributed by atoms with E-state index in [1.165, 1.54) is 33.6 Å². The number of rotatable bonds is 5. The van der Waals surface area contributed by atoms with Crippen molar-refractivity contribution in [1.82, 2.24) is 5.43 Å². The van der Waals surface area contributed by atoms with Gasteiger partial charge >= 0.3 is 0 Å². The predicted molar refractivity (Wildman–Crippen MR) is 124 cm³/mol. The van der Waals surface area contributed by atoms with Crippen molar-refractivity contribution in [2.45, 2.75) is 45.6 Å². The third-order valence-corrected chi connectivity index (χ3v) is 5.66. The summed E-state index contributed by atoms with van der Waals surface area (Å²) in [6.45, 7) is 9.12. The molecular formula is C27H30N2. The van der Waals surface area contributed by atoms with Gasteiger partial charge in [-0.05, 0) is 46.7 Å². The molecular weight excluding hydrogens is 352 g/mol. The van der Waals surface area contributed by atoms with Crippen molar-refractivity contribution >= 4 is 11.4 Å². The van der Waals surface area contributed by atoms with Crippen molar-refractivity contribution in [1.29, 1.82) is 0 Å². The summed E-state index contributed by atoms with van der Waals surface area (Å²) in [6.07, 6.45) is 2.38. The molecule has 0 aromatic heterocycles. The zero-order valence-electron chi connectivity index (χ0n) is 17.8. The van der Waals surface area contributed by atoms with E-state index in [2.05, 4.69) is 123 Å². The van der Waals surface area contributed by atoms with Crippen molar-refractivity contribution < 1.29 is 0 Å². The van der Waals surface area contributed by atoms with Crippen molar-refractivity contribution in [3.05, 3.63) is 107 Å². The van der Waals surface area contributed by atoms with Gasteiger partial charge in [0.1, 0.15) is 0 Å². The van der Waals surface area contributed by atoms with Crippen LogP contribution >= 0.6 is 0 Å². The van der Waals surface area contributed by atoms with Crippen molar-refractivity contribution in [2.24, 2.45) is 0 Å². The van der Waals surface area contributed by atoms with Crippen molar-refractivity contribution in [2.75, 3.05) is 5.01 Å². The molecule has 3 aromatic carbocycles. The van der Waals surface area contributed by atoms with Gasteiger partial charge in [0.25, 0.3) is 0 Å². The van der Waals surface area contributed by atoms with E-state index in [-0.39, 0.29) is 6.04 Å². The molecule has 0 saturated carbocycles. The standard InChI is InChI=1S/C27H30N2/c1-19(2)23-16-11-17-24(20(3)4)27(23)25-18-26(21-12-7-5-8-13-21)29(28-25)22-14-9-6-10-15-22/h5-20,26,28H,1-4H3. The minimum absolute atomic E-state index is 0.147. The second kappa shape index (κ2) is 8.16. The van der Waals surface area contributed by atoms with E-state index < -0.39 is 0 Å². The molecule has 1 N–H and O–H groups in total. The summed E-state index contributed by atoms with van der Waals surface area (Å²) in [5.74, 6) is 0.930. The number of benzene rings is 3. The molecule has 1 aliphatic heterocycles. The first-order chi connectivity index (χ1) is 14.1. The van der Waals surface area contributed by atoms with Crippen LogP contribution in [0, 0.1) is 0 Å². The first-order valence-corrected chi connectivity index (χ1v) is 10.6. The van der Waals surface area contributed by atoms with Crippen LogP contribution in [0.2, 0.25) is 0 Å². The number of nitrogens with zero attached hydrogens (tertiary/aromatic N) is 1. The van der Waals surface area contributed by atoms with Crippen LogP contribution in [0.25, 0.3) is 5.70 Å². The van der Waals surface area contributed by atoms with E-state index in [1.807, 2.05) is 0 Å². The SMILES string of the molecule is CC(C)c1cccc(C(C)C)c1C1=CC(c2ccccc2)N(c2ccccc2)N1. The second-order valence-electron chi connectivity index (χ2n) is 8.37. The average Bonchev–Trinajstić information content (AvgIpc) is 3.19. The Morgan fingerprint density at radius 2 is 1.24 bits per heavy atom. The molecule has 0 bridgehead atoms. The zero-order chi connectivity index (χ0) is 20.4. The molecule has 0 radical (unpaired) electrons. The Kier molecular flexibility index (Phi) is 5.44. The van der Waals surface area contributed by atoms with Crippen LogP contribution in [0.15, 0.2) is 84.9 Å². The van der Waals surface area contributed by atoms with Gasteiger partial charge in [0.2, 0.25) is 0 Å². The van der Waals surface area contributed by atoms with E-state index in [0.29, 0.717) is 11.8 Å². The number of hydrogen-bond donors (Lipinski definition) is 1. The lowest BCUT2D eigenvalue weighted by Crippen LogP contribution is -2.34. The van der Waals surface area contributed by atoms with E-state index in [0.717, 1.165) is 0 Å². The molecule has 1 atom stereocenters. The average molecular weight is 383 g/mol. The molecule has 0 aliphatic carbocycles.